The Kier molecular flexibility index (Phi) is 11.1. The van der Waals surface area contributed by atoms with Gasteiger partial charge in [0, 0.05) is 87.1 Å². The summed E-state index contributed by atoms with van der Waals surface area (Å²) in [6.07, 6.45) is 0. The minimum absolute atomic E-state index is 0.125. The topological polar surface area (TPSA) is 26.2 Å². The van der Waals surface area contributed by atoms with E-state index in [9.17, 15) is 0 Å². The van der Waals surface area contributed by atoms with E-state index in [0.29, 0.717) is 0 Å². The smallest absolute Gasteiger partial charge is 0.249 e. The van der Waals surface area contributed by atoms with Crippen molar-refractivity contribution in [3.8, 4) is 55.9 Å². The number of nitrogens with zero attached hydrogens (tertiary/aromatic N) is 3. The van der Waals surface area contributed by atoms with Crippen LogP contribution >= 0.6 is 11.8 Å². The molecule has 426 valence electrons. The normalized spacial score (nSPS) is 12.7. The zero-order valence-corrected chi connectivity index (χ0v) is 50.6. The second-order valence-electron chi connectivity index (χ2n) is 24.5. The van der Waals surface area contributed by atoms with Crippen LogP contribution in [0.2, 0.25) is 0 Å². The third kappa shape index (κ3) is 7.44. The molecule has 3 aromatic heterocycles. The van der Waals surface area contributed by atoms with E-state index in [0.717, 1.165) is 83.8 Å². The van der Waals surface area contributed by atoms with Gasteiger partial charge in [-0.2, -0.15) is 0 Å². The van der Waals surface area contributed by atoms with Crippen LogP contribution in [0.15, 0.2) is 330 Å². The first-order chi connectivity index (χ1) is 45.7. The molecule has 20 rings (SSSR count). The van der Waals surface area contributed by atoms with Crippen molar-refractivity contribution < 1.29 is 4.42 Å². The van der Waals surface area contributed by atoms with Crippen molar-refractivity contribution in [3.63, 3.8) is 0 Å². The van der Waals surface area contributed by atoms with Gasteiger partial charge in [-0.15, -0.1) is 0 Å². The Bertz CT molecular complexity index is 5920. The van der Waals surface area contributed by atoms with E-state index in [-0.39, 0.29) is 6.71 Å². The van der Waals surface area contributed by atoms with Gasteiger partial charge in [-0.25, -0.2) is 0 Å². The summed E-state index contributed by atoms with van der Waals surface area (Å²) in [4.78, 5) is 5.16. The molecule has 92 heavy (non-hydrogen) atoms. The zero-order valence-electron chi connectivity index (χ0n) is 49.8. The molecular formula is C86H52BN3OS. The largest absolute Gasteiger partial charge is 0.455 e. The lowest BCUT2D eigenvalue weighted by atomic mass is 9.34. The van der Waals surface area contributed by atoms with Gasteiger partial charge in [0.1, 0.15) is 11.2 Å². The highest BCUT2D eigenvalue weighted by molar-refractivity contribution is 8.00. The van der Waals surface area contributed by atoms with Crippen LogP contribution in [0.25, 0.3) is 143 Å². The predicted molar refractivity (Wildman–Crippen MR) is 389 cm³/mol. The van der Waals surface area contributed by atoms with Crippen LogP contribution in [-0.4, -0.2) is 15.8 Å². The summed E-state index contributed by atoms with van der Waals surface area (Å²) in [5.74, 6) is 0. The van der Waals surface area contributed by atoms with Crippen molar-refractivity contribution in [2.45, 2.75) is 9.79 Å². The van der Waals surface area contributed by atoms with Crippen molar-refractivity contribution >= 4 is 139 Å². The third-order valence-corrected chi connectivity index (χ3v) is 20.9. The van der Waals surface area contributed by atoms with Gasteiger partial charge in [0.2, 0.25) is 6.71 Å². The monoisotopic (exact) mass is 1190 g/mol. The highest BCUT2D eigenvalue weighted by Crippen LogP contribution is 2.53. The minimum Gasteiger partial charge on any atom is -0.455 e. The quantitative estimate of drug-likeness (QED) is 0.118. The van der Waals surface area contributed by atoms with Gasteiger partial charge in [0.25, 0.3) is 0 Å². The number of hydrogen-bond donors (Lipinski definition) is 0. The van der Waals surface area contributed by atoms with Crippen molar-refractivity contribution in [1.29, 1.82) is 0 Å². The van der Waals surface area contributed by atoms with Crippen LogP contribution < -0.4 is 21.3 Å². The lowest BCUT2D eigenvalue weighted by molar-refractivity contribution is 0.670. The maximum atomic E-state index is 6.86. The standard InChI is InChI=1S/C86H52BN3OS/c1-3-23-53(24-4-1)58-36-21-37-59(54-25-5-2-6-26-54)85(58)90-77-49-55(82-65-32-7-9-34-67(65)83(68-35-10-8-33-66(68)82)70-39-22-38-69-64-31-15-20-44-79(64)91-86(69)70)45-47-71(77)87-72-48-46-56(88-73-40-16-11-27-60(73)61-28-12-17-41-74(61)88)51-80(72)92-81-52-57(50-78(90)84(81)87)89-75-42-18-13-29-62(75)63-30-14-19-43-76(63)89/h1-52H. The van der Waals surface area contributed by atoms with Crippen LogP contribution in [0.4, 0.5) is 17.1 Å². The predicted octanol–water partition coefficient (Wildman–Crippen LogP) is 21.5. The van der Waals surface area contributed by atoms with E-state index in [1.165, 1.54) is 102 Å². The van der Waals surface area contributed by atoms with Crippen LogP contribution in [0.5, 0.6) is 0 Å². The van der Waals surface area contributed by atoms with Gasteiger partial charge >= 0.3 is 0 Å². The molecule has 4 nitrogen and oxygen atoms in total. The number of aromatic nitrogens is 2. The molecule has 0 spiro atoms. The molecule has 0 saturated heterocycles. The average Bonchev–Trinajstić information content (AvgIpc) is 0.766. The molecule has 0 fully saturated rings. The highest BCUT2D eigenvalue weighted by atomic mass is 32.2. The van der Waals surface area contributed by atoms with Crippen LogP contribution in [0.1, 0.15) is 0 Å². The zero-order chi connectivity index (χ0) is 60.1. The number of fused-ring (bicyclic) bond motifs is 15. The van der Waals surface area contributed by atoms with Gasteiger partial charge < -0.3 is 18.5 Å². The third-order valence-electron chi connectivity index (χ3n) is 19.7. The molecule has 0 unspecified atom stereocenters. The fraction of sp³-hybridized carbons (Fsp3) is 0. The fourth-order valence-corrected chi connectivity index (χ4v) is 17.2. The molecule has 0 aliphatic carbocycles. The summed E-state index contributed by atoms with van der Waals surface area (Å²) in [6, 6.07) is 117. The van der Waals surface area contributed by atoms with E-state index in [4.69, 9.17) is 4.42 Å². The lowest BCUT2D eigenvalue weighted by Gasteiger charge is -2.42. The first kappa shape index (κ1) is 51.3. The molecule has 15 aromatic carbocycles. The van der Waals surface area contributed by atoms with Gasteiger partial charge in [0.15, 0.2) is 0 Å². The Hall–Kier alpha value is -11.6. The summed E-state index contributed by atoms with van der Waals surface area (Å²) in [6.45, 7) is -0.125. The minimum atomic E-state index is -0.125. The van der Waals surface area contributed by atoms with E-state index < -0.39 is 0 Å². The Morgan fingerprint density at radius 3 is 1.34 bits per heavy atom. The molecule has 6 heteroatoms. The highest BCUT2D eigenvalue weighted by Gasteiger charge is 2.43. The van der Waals surface area contributed by atoms with Crippen molar-refractivity contribution in [2.24, 2.45) is 0 Å². The van der Waals surface area contributed by atoms with Gasteiger partial charge in [0.05, 0.1) is 27.8 Å². The Balaban J connectivity index is 0.907. The summed E-state index contributed by atoms with van der Waals surface area (Å²) in [7, 11) is 0. The molecule has 2 aliphatic heterocycles. The first-order valence-electron chi connectivity index (χ1n) is 31.7. The molecule has 0 amide bonds. The lowest BCUT2D eigenvalue weighted by Crippen LogP contribution is -2.60. The number of anilines is 3. The number of benzene rings is 15. The molecule has 0 N–H and O–H groups in total. The average molecular weight is 1190 g/mol. The Labute approximate surface area is 535 Å². The van der Waals surface area contributed by atoms with Crippen molar-refractivity contribution in [3.05, 3.63) is 315 Å². The summed E-state index contributed by atoms with van der Waals surface area (Å²) in [5.41, 5.74) is 25.3. The van der Waals surface area contributed by atoms with E-state index >= 15 is 0 Å². The summed E-state index contributed by atoms with van der Waals surface area (Å²) in [5, 5.41) is 11.9. The number of furan rings is 1. The second-order valence-corrected chi connectivity index (χ2v) is 25.6. The second kappa shape index (κ2) is 20.0. The first-order valence-corrected chi connectivity index (χ1v) is 32.5. The van der Waals surface area contributed by atoms with E-state index in [1.807, 2.05) is 11.8 Å². The molecule has 0 saturated carbocycles. The summed E-state index contributed by atoms with van der Waals surface area (Å²) >= 11 is 1.91. The van der Waals surface area contributed by atoms with Gasteiger partial charge in [-0.05, 0) is 115 Å². The Morgan fingerprint density at radius 1 is 0.293 bits per heavy atom. The van der Waals surface area contributed by atoms with E-state index in [2.05, 4.69) is 329 Å². The molecular weight excluding hydrogens is 1130 g/mol. The van der Waals surface area contributed by atoms with Crippen LogP contribution in [0.3, 0.4) is 0 Å². The molecule has 0 radical (unpaired) electrons. The van der Waals surface area contributed by atoms with E-state index in [1.54, 1.807) is 0 Å². The number of rotatable bonds is 7. The SMILES string of the molecule is c1ccc(-c2cccc(-c3ccccc3)c2N2c3cc(-c4c5ccccc5c(-c5cccc6c5oc5ccccc56)c5ccccc45)ccc3B3c4ccc(-n5c6ccccc6c6ccccc65)cc4Sc4cc(-n5c6ccccc6c6ccccc65)cc2c43)cc1. The van der Waals surface area contributed by atoms with Crippen LogP contribution in [-0.2, 0) is 0 Å². The fourth-order valence-electron chi connectivity index (χ4n) is 15.9. The maximum absolute atomic E-state index is 6.86. The molecule has 0 bridgehead atoms. The van der Waals surface area contributed by atoms with Gasteiger partial charge in [-0.1, -0.05) is 272 Å². The van der Waals surface area contributed by atoms with Crippen molar-refractivity contribution in [2.75, 3.05) is 4.90 Å². The van der Waals surface area contributed by atoms with Crippen molar-refractivity contribution in [1.82, 2.24) is 9.13 Å². The number of hydrogen-bond acceptors (Lipinski definition) is 3. The molecule has 2 aliphatic rings. The maximum Gasteiger partial charge on any atom is 0.249 e. The molecule has 5 heterocycles. The Morgan fingerprint density at radius 2 is 0.750 bits per heavy atom. The molecule has 18 aromatic rings. The van der Waals surface area contributed by atoms with Crippen LogP contribution in [0, 0.1) is 0 Å². The summed E-state index contributed by atoms with van der Waals surface area (Å²) < 4.78 is 11.8. The number of para-hydroxylation sites is 7. The molecule has 0 atom stereocenters. The van der Waals surface area contributed by atoms with Gasteiger partial charge in [-0.3, -0.25) is 0 Å².